The van der Waals surface area contributed by atoms with Crippen molar-refractivity contribution in [1.82, 2.24) is 40.6 Å². The van der Waals surface area contributed by atoms with Crippen LogP contribution in [0.2, 0.25) is 5.02 Å². The Labute approximate surface area is 451 Å². The summed E-state index contributed by atoms with van der Waals surface area (Å²) in [6.07, 6.45) is 3.29. The van der Waals surface area contributed by atoms with Gasteiger partial charge >= 0.3 is 0 Å². The number of pyridine rings is 1. The number of ether oxygens (including phenoxy) is 1. The highest BCUT2D eigenvalue weighted by Gasteiger charge is 2.64. The number of likely N-dealkylation sites (tertiary alicyclic amines) is 2. The van der Waals surface area contributed by atoms with Crippen LogP contribution in [0.3, 0.4) is 0 Å². The second-order valence-electron chi connectivity index (χ2n) is 23.3. The van der Waals surface area contributed by atoms with Crippen molar-refractivity contribution < 1.29 is 29.0 Å². The van der Waals surface area contributed by atoms with E-state index in [1.54, 1.807) is 35.7 Å². The monoisotopic (exact) mass is 1060 g/mol. The number of carbonyl (C=O) groups is 4. The number of aliphatic hydroxyl groups is 1. The van der Waals surface area contributed by atoms with Crippen molar-refractivity contribution in [3.63, 3.8) is 0 Å². The molecule has 0 radical (unpaired) electrons. The second kappa shape index (κ2) is 22.9. The molecular weight excluding hydrogens is 988 g/mol. The molecule has 4 N–H and O–H groups in total. The third-order valence-corrected chi connectivity index (χ3v) is 17.3. The van der Waals surface area contributed by atoms with Crippen molar-refractivity contribution in [1.29, 1.82) is 5.26 Å². The molecule has 0 spiro atoms. The molecule has 1 aliphatic carbocycles. The van der Waals surface area contributed by atoms with Gasteiger partial charge in [0.2, 0.25) is 17.7 Å². The maximum atomic E-state index is 14.4. The van der Waals surface area contributed by atoms with Gasteiger partial charge in [-0.15, -0.1) is 11.3 Å². The number of aromatic nitrogens is 2. The minimum Gasteiger partial charge on any atom is -0.489 e. The largest absolute Gasteiger partial charge is 0.489 e. The molecule has 0 unspecified atom stereocenters. The van der Waals surface area contributed by atoms with Crippen LogP contribution in [0.15, 0.2) is 66.3 Å². The van der Waals surface area contributed by atoms with Gasteiger partial charge < -0.3 is 35.6 Å². The lowest BCUT2D eigenvalue weighted by molar-refractivity contribution is -0.164. The number of thiazole rings is 1. The van der Waals surface area contributed by atoms with Crippen LogP contribution >= 0.6 is 22.9 Å². The Balaban J connectivity index is 0.763. The summed E-state index contributed by atoms with van der Waals surface area (Å²) in [6.45, 7) is 24.2. The number of hydrogen-bond acceptors (Lipinski definition) is 13. The summed E-state index contributed by atoms with van der Waals surface area (Å²) < 4.78 is 6.39. The fraction of sp³-hybridized carbons (Fsp3) is 0.561. The quantitative estimate of drug-likeness (QED) is 0.0880. The van der Waals surface area contributed by atoms with Crippen LogP contribution in [0, 0.1) is 40.4 Å². The van der Waals surface area contributed by atoms with E-state index in [1.165, 1.54) is 4.90 Å². The molecule has 4 amide bonds. The van der Waals surface area contributed by atoms with Gasteiger partial charge in [0.05, 0.1) is 50.9 Å². The first-order valence-electron chi connectivity index (χ1n) is 26.5. The van der Waals surface area contributed by atoms with Crippen LogP contribution in [0.25, 0.3) is 10.4 Å². The van der Waals surface area contributed by atoms with Crippen LogP contribution in [-0.2, 0) is 14.4 Å². The number of anilines is 1. The Morgan fingerprint density at radius 1 is 0.933 bits per heavy atom. The number of amides is 4. The van der Waals surface area contributed by atoms with E-state index in [4.69, 9.17) is 21.3 Å². The predicted molar refractivity (Wildman–Crippen MR) is 292 cm³/mol. The van der Waals surface area contributed by atoms with Gasteiger partial charge in [-0.1, -0.05) is 91.3 Å². The minimum absolute atomic E-state index is 0.0179. The summed E-state index contributed by atoms with van der Waals surface area (Å²) in [7, 11) is 0. The lowest BCUT2D eigenvalue weighted by atomic mass is 9.49. The fourth-order valence-corrected chi connectivity index (χ4v) is 13.1. The van der Waals surface area contributed by atoms with E-state index in [2.05, 4.69) is 69.4 Å². The van der Waals surface area contributed by atoms with Crippen LogP contribution < -0.4 is 25.6 Å². The first-order valence-corrected chi connectivity index (χ1v) is 27.7. The number of nitriles is 1. The Bertz CT molecular complexity index is 2710. The van der Waals surface area contributed by atoms with Crippen molar-refractivity contribution in [3.8, 4) is 22.3 Å². The molecule has 3 saturated heterocycles. The topological polar surface area (TPSA) is 196 Å². The molecule has 4 fully saturated rings. The van der Waals surface area contributed by atoms with Gasteiger partial charge in [0.25, 0.3) is 5.91 Å². The standard InChI is InChI=1S/C57H75ClN10O6S/c1-10-44(37-11-13-38(14-12-37)48-35(2)61-34-75-48)62-51(72)45-27-41(69)32-68(45)52(73)49(55(3,4)5)63-47(70)33-65-21-19-36(20-22-65)31-66-23-25-67(26-24-66)46-18-16-40(30-60-46)50(71)64-53-56(6,7)54(57(53,8)9)74-42-17-15-39(29-59)43(58)28-42/h11-18,28,30,34,36,41,44-45,49,53-54,69H,10,19-27,31-33H2,1-9H3,(H,62,72)(H,63,70)(H,64,71)/t41-,44+,45+,49-,53-,54-/m1/s1. The molecule has 1 saturated carbocycles. The van der Waals surface area contributed by atoms with E-state index in [1.807, 2.05) is 76.5 Å². The molecule has 2 aromatic heterocycles. The lowest BCUT2D eigenvalue weighted by Gasteiger charge is -2.63. The van der Waals surface area contributed by atoms with Gasteiger partial charge in [-0.05, 0) is 86.0 Å². The molecular formula is C57H75ClN10O6S. The van der Waals surface area contributed by atoms with E-state index in [9.17, 15) is 29.5 Å². The van der Waals surface area contributed by atoms with Gasteiger partial charge in [0.15, 0.2) is 0 Å². The summed E-state index contributed by atoms with van der Waals surface area (Å²) in [5, 5.41) is 29.9. The summed E-state index contributed by atoms with van der Waals surface area (Å²) in [5.41, 5.74) is 4.29. The van der Waals surface area contributed by atoms with Crippen LogP contribution in [-0.4, -0.2) is 143 Å². The summed E-state index contributed by atoms with van der Waals surface area (Å²) in [5.74, 6) is 0.825. The first-order chi connectivity index (χ1) is 35.6. The zero-order valence-corrected chi connectivity index (χ0v) is 46.6. The average Bonchev–Trinajstić information content (AvgIpc) is 4.01. The van der Waals surface area contributed by atoms with Crippen molar-refractivity contribution in [2.24, 2.45) is 22.2 Å². The van der Waals surface area contributed by atoms with E-state index in [-0.39, 0.29) is 72.2 Å². The average molecular weight is 1060 g/mol. The predicted octanol–water partition coefficient (Wildman–Crippen LogP) is 7.24. The van der Waals surface area contributed by atoms with E-state index in [0.29, 0.717) is 34.2 Å². The van der Waals surface area contributed by atoms with E-state index in [0.717, 1.165) is 86.2 Å². The maximum Gasteiger partial charge on any atom is 0.253 e. The van der Waals surface area contributed by atoms with Crippen molar-refractivity contribution in [2.45, 2.75) is 124 Å². The first kappa shape index (κ1) is 55.6. The third kappa shape index (κ3) is 12.5. The van der Waals surface area contributed by atoms with Gasteiger partial charge in [-0.25, -0.2) is 9.97 Å². The Morgan fingerprint density at radius 2 is 1.63 bits per heavy atom. The number of hydrogen-bond donors (Lipinski definition) is 4. The van der Waals surface area contributed by atoms with Gasteiger partial charge in [0, 0.05) is 74.8 Å². The number of aryl methyl sites for hydroxylation is 1. The lowest BCUT2D eigenvalue weighted by Crippen LogP contribution is -2.74. The van der Waals surface area contributed by atoms with E-state index < -0.39 is 23.6 Å². The minimum atomic E-state index is -0.893. The summed E-state index contributed by atoms with van der Waals surface area (Å²) in [6, 6.07) is 16.8. The van der Waals surface area contributed by atoms with E-state index >= 15 is 0 Å². The maximum absolute atomic E-state index is 14.4. The second-order valence-corrected chi connectivity index (χ2v) is 24.6. The van der Waals surface area contributed by atoms with Gasteiger partial charge in [-0.2, -0.15) is 5.26 Å². The number of β-amino-alcohol motifs (C(OH)–C–C–N with tert-alkyl or cyclic N) is 1. The van der Waals surface area contributed by atoms with Crippen LogP contribution in [0.5, 0.6) is 5.75 Å². The van der Waals surface area contributed by atoms with Crippen LogP contribution in [0.1, 0.15) is 114 Å². The third-order valence-electron chi connectivity index (χ3n) is 16.1. The smallest absolute Gasteiger partial charge is 0.253 e. The molecule has 5 heterocycles. The normalized spacial score (nSPS) is 22.9. The molecule has 4 aliphatic rings. The summed E-state index contributed by atoms with van der Waals surface area (Å²) >= 11 is 7.86. The van der Waals surface area contributed by atoms with Crippen molar-refractivity contribution >= 4 is 52.4 Å². The number of nitrogens with zero attached hydrogens (tertiary/aromatic N) is 7. The van der Waals surface area contributed by atoms with Crippen molar-refractivity contribution in [2.75, 3.05) is 63.8 Å². The molecule has 18 heteroatoms. The fourth-order valence-electron chi connectivity index (χ4n) is 12.0. The highest BCUT2D eigenvalue weighted by Crippen LogP contribution is 2.55. The SMILES string of the molecule is CC[C@H](NC(=O)[C@@H]1C[C@@H](O)CN1C(=O)[C@@H](NC(=O)CN1CCC(CN2CCN(c3ccc(C(=O)N[C@H]4C(C)(C)[C@H](Oc5ccc(C#N)c(Cl)c5)C4(C)C)cn3)CC2)CC1)C(C)(C)C)c1ccc(-c2scnc2C)cc1. The van der Waals surface area contributed by atoms with Gasteiger partial charge in [-0.3, -0.25) is 29.0 Å². The number of rotatable bonds is 16. The molecule has 0 bridgehead atoms. The number of piperidine rings is 1. The van der Waals surface area contributed by atoms with Gasteiger partial charge in [0.1, 0.15) is 35.8 Å². The Kier molecular flexibility index (Phi) is 17.0. The van der Waals surface area contributed by atoms with Crippen LogP contribution in [0.4, 0.5) is 5.82 Å². The number of nitrogens with one attached hydrogen (secondary N) is 3. The molecule has 8 rings (SSSR count). The number of halogens is 1. The summed E-state index contributed by atoms with van der Waals surface area (Å²) in [4.78, 5) is 74.1. The molecule has 2 aromatic carbocycles. The zero-order valence-electron chi connectivity index (χ0n) is 45.0. The number of carbonyl (C=O) groups excluding carboxylic acids is 4. The number of piperazine rings is 1. The van der Waals surface area contributed by atoms with Crippen molar-refractivity contribution in [3.05, 3.63) is 93.7 Å². The Hall–Kier alpha value is -5.64. The Morgan fingerprint density at radius 3 is 2.21 bits per heavy atom. The zero-order chi connectivity index (χ0) is 54.0. The highest BCUT2D eigenvalue weighted by atomic mass is 35.5. The molecule has 4 aromatic rings. The molecule has 16 nitrogen and oxygen atoms in total. The molecule has 4 atom stereocenters. The molecule has 402 valence electrons. The number of aliphatic hydroxyl groups excluding tert-OH is 1. The number of benzene rings is 2. The molecule has 3 aliphatic heterocycles. The molecule has 75 heavy (non-hydrogen) atoms. The highest BCUT2D eigenvalue weighted by molar-refractivity contribution is 7.13.